The maximum atomic E-state index is 5.96. The molecule has 1 aromatic rings. The molecule has 20 heavy (non-hydrogen) atoms. The Bertz CT molecular complexity index is 397. The molecule has 114 valence electrons. The number of likely N-dealkylation sites (N-methyl/N-ethyl adjacent to an activating group) is 1. The Morgan fingerprint density at radius 1 is 1.45 bits per heavy atom. The molecule has 0 spiro atoms. The van der Waals surface area contributed by atoms with Crippen molar-refractivity contribution in [2.45, 2.75) is 44.6 Å². The van der Waals surface area contributed by atoms with Gasteiger partial charge in [-0.1, -0.05) is 6.92 Å². The van der Waals surface area contributed by atoms with Crippen molar-refractivity contribution in [2.75, 3.05) is 27.4 Å². The van der Waals surface area contributed by atoms with Crippen molar-refractivity contribution in [1.29, 1.82) is 0 Å². The summed E-state index contributed by atoms with van der Waals surface area (Å²) in [7, 11) is 3.63. The molecule has 1 N–H and O–H groups in total. The topological polar surface area (TPSA) is 57.5 Å². The maximum absolute atomic E-state index is 5.96. The van der Waals surface area contributed by atoms with Gasteiger partial charge in [-0.2, -0.15) is 5.10 Å². The van der Waals surface area contributed by atoms with Crippen LogP contribution in [-0.4, -0.2) is 55.4 Å². The highest BCUT2D eigenvalue weighted by atomic mass is 16.6. The number of nitrogens with zero attached hydrogens (tertiary/aromatic N) is 2. The van der Waals surface area contributed by atoms with Crippen LogP contribution in [0.3, 0.4) is 0 Å². The first-order valence-electron chi connectivity index (χ1n) is 7.25. The molecule has 3 atom stereocenters. The molecule has 0 aliphatic heterocycles. The Morgan fingerprint density at radius 2 is 2.30 bits per heavy atom. The van der Waals surface area contributed by atoms with Crippen molar-refractivity contribution in [3.05, 3.63) is 12.4 Å². The number of aromatic nitrogens is 2. The number of nitrogens with one attached hydrogen (secondary N) is 1. The summed E-state index contributed by atoms with van der Waals surface area (Å²) in [4.78, 5) is 0. The lowest BCUT2D eigenvalue weighted by atomic mass is 9.85. The van der Waals surface area contributed by atoms with Gasteiger partial charge in [-0.05, 0) is 13.5 Å². The smallest absolute Gasteiger partial charge is 0.157 e. The second-order valence-electron chi connectivity index (χ2n) is 5.05. The molecule has 6 heteroatoms. The summed E-state index contributed by atoms with van der Waals surface area (Å²) < 4.78 is 18.7. The van der Waals surface area contributed by atoms with Crippen LogP contribution in [0.15, 0.2) is 12.4 Å². The molecule has 0 bridgehead atoms. The first kappa shape index (κ1) is 15.3. The molecule has 2 rings (SSSR count). The van der Waals surface area contributed by atoms with E-state index in [1.165, 1.54) is 0 Å². The predicted octanol–water partition coefficient (Wildman–Crippen LogP) is 1.06. The zero-order valence-electron chi connectivity index (χ0n) is 12.5. The molecule has 6 nitrogen and oxygen atoms in total. The van der Waals surface area contributed by atoms with Crippen LogP contribution in [0.5, 0.6) is 5.75 Å². The van der Waals surface area contributed by atoms with Crippen LogP contribution >= 0.6 is 0 Å². The molecular weight excluding hydrogens is 258 g/mol. The number of hydrogen-bond acceptors (Lipinski definition) is 5. The van der Waals surface area contributed by atoms with Gasteiger partial charge in [0.25, 0.3) is 0 Å². The van der Waals surface area contributed by atoms with Crippen LogP contribution in [0.4, 0.5) is 0 Å². The Balaban J connectivity index is 1.84. The third-order valence-electron chi connectivity index (χ3n) is 3.57. The average molecular weight is 283 g/mol. The number of methoxy groups -OCH3 is 1. The zero-order chi connectivity index (χ0) is 14.4. The van der Waals surface area contributed by atoms with Crippen molar-refractivity contribution in [2.24, 2.45) is 0 Å². The van der Waals surface area contributed by atoms with Crippen LogP contribution < -0.4 is 10.1 Å². The van der Waals surface area contributed by atoms with E-state index in [1.54, 1.807) is 13.3 Å². The van der Waals surface area contributed by atoms with Gasteiger partial charge in [0.05, 0.1) is 25.6 Å². The lowest BCUT2D eigenvalue weighted by Gasteiger charge is -2.43. The maximum Gasteiger partial charge on any atom is 0.157 e. The van der Waals surface area contributed by atoms with E-state index in [1.807, 2.05) is 17.9 Å². The van der Waals surface area contributed by atoms with E-state index >= 15 is 0 Å². The first-order chi connectivity index (χ1) is 9.78. The van der Waals surface area contributed by atoms with Crippen LogP contribution in [0.1, 0.15) is 19.8 Å². The highest BCUT2D eigenvalue weighted by Gasteiger charge is 2.43. The fourth-order valence-electron chi connectivity index (χ4n) is 2.40. The minimum atomic E-state index is 0.0738. The first-order valence-corrected chi connectivity index (χ1v) is 7.25. The van der Waals surface area contributed by atoms with E-state index in [9.17, 15) is 0 Å². The minimum absolute atomic E-state index is 0.0738. The van der Waals surface area contributed by atoms with Gasteiger partial charge in [0, 0.05) is 26.1 Å². The largest absolute Gasteiger partial charge is 0.484 e. The summed E-state index contributed by atoms with van der Waals surface area (Å²) in [6, 6.07) is 0.350. The summed E-state index contributed by atoms with van der Waals surface area (Å²) in [5, 5.41) is 7.53. The second-order valence-corrected chi connectivity index (χ2v) is 5.05. The lowest BCUT2D eigenvalue weighted by Crippen LogP contribution is -2.60. The van der Waals surface area contributed by atoms with Crippen molar-refractivity contribution >= 4 is 0 Å². The summed E-state index contributed by atoms with van der Waals surface area (Å²) in [6.07, 6.45) is 5.90. The van der Waals surface area contributed by atoms with E-state index in [2.05, 4.69) is 17.3 Å². The standard InChI is InChI=1S/C14H25N3O3/c1-4-5-17-10-11(9-16-17)20-13-8-12(15-2)14(13)19-7-6-18-3/h9-10,12-15H,4-8H2,1-3H3. The number of aryl methyl sites for hydroxylation is 1. The van der Waals surface area contributed by atoms with Gasteiger partial charge in [-0.25, -0.2) is 0 Å². The van der Waals surface area contributed by atoms with Crippen molar-refractivity contribution < 1.29 is 14.2 Å². The van der Waals surface area contributed by atoms with Crippen LogP contribution in [-0.2, 0) is 16.0 Å². The SMILES string of the molecule is CCCn1cc(OC2CC(NC)C2OCCOC)cn1. The molecule has 0 saturated heterocycles. The van der Waals surface area contributed by atoms with Crippen LogP contribution in [0.2, 0.25) is 0 Å². The number of ether oxygens (including phenoxy) is 3. The van der Waals surface area contributed by atoms with Gasteiger partial charge < -0.3 is 19.5 Å². The fourth-order valence-corrected chi connectivity index (χ4v) is 2.40. The lowest BCUT2D eigenvalue weighted by molar-refractivity contribution is -0.114. The third-order valence-corrected chi connectivity index (χ3v) is 3.57. The molecule has 3 unspecified atom stereocenters. The van der Waals surface area contributed by atoms with Gasteiger partial charge in [0.1, 0.15) is 12.2 Å². The molecule has 0 aromatic carbocycles. The fraction of sp³-hybridized carbons (Fsp3) is 0.786. The quantitative estimate of drug-likeness (QED) is 0.687. The van der Waals surface area contributed by atoms with E-state index in [0.717, 1.165) is 25.1 Å². The zero-order valence-corrected chi connectivity index (χ0v) is 12.5. The molecule has 0 radical (unpaired) electrons. The van der Waals surface area contributed by atoms with E-state index in [4.69, 9.17) is 14.2 Å². The normalized spacial score (nSPS) is 25.4. The van der Waals surface area contributed by atoms with Gasteiger partial charge in [0.2, 0.25) is 0 Å². The van der Waals surface area contributed by atoms with Gasteiger partial charge in [-0.3, -0.25) is 4.68 Å². The van der Waals surface area contributed by atoms with E-state index in [0.29, 0.717) is 19.3 Å². The van der Waals surface area contributed by atoms with Crippen molar-refractivity contribution in [3.8, 4) is 5.75 Å². The Kier molecular flexibility index (Phi) is 5.82. The van der Waals surface area contributed by atoms with Crippen LogP contribution in [0.25, 0.3) is 0 Å². The number of rotatable bonds is 9. The molecule has 1 aromatic heterocycles. The number of hydrogen-bond donors (Lipinski definition) is 1. The summed E-state index contributed by atoms with van der Waals surface area (Å²) in [5.74, 6) is 0.818. The van der Waals surface area contributed by atoms with Gasteiger partial charge in [-0.15, -0.1) is 0 Å². The van der Waals surface area contributed by atoms with Crippen molar-refractivity contribution in [3.63, 3.8) is 0 Å². The van der Waals surface area contributed by atoms with Gasteiger partial charge in [0.15, 0.2) is 5.75 Å². The average Bonchev–Trinajstić information content (AvgIpc) is 2.87. The van der Waals surface area contributed by atoms with E-state index < -0.39 is 0 Å². The highest BCUT2D eigenvalue weighted by molar-refractivity contribution is 5.14. The molecular formula is C14H25N3O3. The molecule has 1 heterocycles. The second kappa shape index (κ2) is 7.61. The summed E-state index contributed by atoms with van der Waals surface area (Å²) >= 11 is 0. The third kappa shape index (κ3) is 3.71. The summed E-state index contributed by atoms with van der Waals surface area (Å²) in [5.41, 5.74) is 0. The summed E-state index contributed by atoms with van der Waals surface area (Å²) in [6.45, 7) is 4.24. The van der Waals surface area contributed by atoms with E-state index in [-0.39, 0.29) is 12.2 Å². The Labute approximate surface area is 120 Å². The molecule has 1 aliphatic rings. The minimum Gasteiger partial charge on any atom is -0.484 e. The predicted molar refractivity (Wildman–Crippen MR) is 76.0 cm³/mol. The Hall–Kier alpha value is -1.11. The Morgan fingerprint density at radius 3 is 3.00 bits per heavy atom. The van der Waals surface area contributed by atoms with Crippen LogP contribution in [0, 0.1) is 0 Å². The molecule has 1 aliphatic carbocycles. The monoisotopic (exact) mass is 283 g/mol. The van der Waals surface area contributed by atoms with Gasteiger partial charge >= 0.3 is 0 Å². The molecule has 0 amide bonds. The molecule has 1 fully saturated rings. The van der Waals surface area contributed by atoms with Crippen molar-refractivity contribution in [1.82, 2.24) is 15.1 Å². The highest BCUT2D eigenvalue weighted by Crippen LogP contribution is 2.28. The molecule has 1 saturated carbocycles.